The maximum atomic E-state index is 12.6. The van der Waals surface area contributed by atoms with Gasteiger partial charge in [-0.05, 0) is 30.7 Å². The number of benzene rings is 2. The molecule has 2 rings (SSSR count). The van der Waals surface area contributed by atoms with Crippen LogP contribution in [0.1, 0.15) is 23.7 Å². The van der Waals surface area contributed by atoms with Crippen LogP contribution in [0, 0.1) is 0 Å². The van der Waals surface area contributed by atoms with E-state index in [1.165, 1.54) is 12.1 Å². The number of halogens is 1. The van der Waals surface area contributed by atoms with Gasteiger partial charge in [-0.25, -0.2) is 4.79 Å². The minimum atomic E-state index is -1.07. The minimum Gasteiger partial charge on any atom is -0.436 e. The number of nitrogens with one attached hydrogen (secondary N) is 2. The maximum absolute atomic E-state index is 12.6. The molecule has 1 atom stereocenters. The van der Waals surface area contributed by atoms with Crippen molar-refractivity contribution in [1.82, 2.24) is 0 Å². The average Bonchev–Trinajstić information content (AvgIpc) is 2.60. The molecule has 4 N–H and O–H groups in total. The highest BCUT2D eigenvalue weighted by Gasteiger charge is 2.23. The van der Waals surface area contributed by atoms with Crippen molar-refractivity contribution in [2.45, 2.75) is 19.4 Å². The van der Waals surface area contributed by atoms with Crippen molar-refractivity contribution < 1.29 is 19.1 Å². The van der Waals surface area contributed by atoms with Crippen LogP contribution in [0.2, 0.25) is 5.02 Å². The topological polar surface area (TPSA) is 111 Å². The Kier molecular flexibility index (Phi) is 6.57. The van der Waals surface area contributed by atoms with Crippen LogP contribution in [0.25, 0.3) is 0 Å². The monoisotopic (exact) mass is 375 g/mol. The van der Waals surface area contributed by atoms with E-state index in [1.807, 2.05) is 6.07 Å². The van der Waals surface area contributed by atoms with Crippen molar-refractivity contribution in [3.8, 4) is 0 Å². The number of rotatable bonds is 6. The van der Waals surface area contributed by atoms with Crippen molar-refractivity contribution in [3.63, 3.8) is 0 Å². The van der Waals surface area contributed by atoms with Crippen LogP contribution in [-0.2, 0) is 9.53 Å². The SMILES string of the molecule is CC[C@H](OC(N)=O)C(=O)Nc1cccc(Cl)c1C(=O)Nc1ccccc1. The first-order chi connectivity index (χ1) is 12.4. The summed E-state index contributed by atoms with van der Waals surface area (Å²) in [6.45, 7) is 1.66. The van der Waals surface area contributed by atoms with Gasteiger partial charge in [0.15, 0.2) is 6.10 Å². The lowest BCUT2D eigenvalue weighted by Gasteiger charge is -2.17. The van der Waals surface area contributed by atoms with Gasteiger partial charge in [0.1, 0.15) is 0 Å². The van der Waals surface area contributed by atoms with Gasteiger partial charge in [-0.2, -0.15) is 0 Å². The van der Waals surface area contributed by atoms with Gasteiger partial charge >= 0.3 is 6.09 Å². The third-order valence-electron chi connectivity index (χ3n) is 3.45. The van der Waals surface area contributed by atoms with Crippen LogP contribution in [0.4, 0.5) is 16.2 Å². The summed E-state index contributed by atoms with van der Waals surface area (Å²) in [6, 6.07) is 13.5. The molecule has 26 heavy (non-hydrogen) atoms. The predicted octanol–water partition coefficient (Wildman–Crippen LogP) is 3.40. The molecule has 0 aliphatic rings. The number of primary amides is 1. The lowest BCUT2D eigenvalue weighted by atomic mass is 10.1. The number of carbonyl (C=O) groups is 3. The fourth-order valence-electron chi connectivity index (χ4n) is 2.25. The highest BCUT2D eigenvalue weighted by atomic mass is 35.5. The van der Waals surface area contributed by atoms with Crippen molar-refractivity contribution >= 4 is 40.9 Å². The van der Waals surface area contributed by atoms with Gasteiger partial charge < -0.3 is 21.1 Å². The Morgan fingerprint density at radius 1 is 1.08 bits per heavy atom. The molecule has 136 valence electrons. The summed E-state index contributed by atoms with van der Waals surface area (Å²) in [5.41, 5.74) is 5.84. The van der Waals surface area contributed by atoms with Gasteiger partial charge in [0, 0.05) is 5.69 Å². The fraction of sp³-hybridized carbons (Fsp3) is 0.167. The number of amides is 3. The Morgan fingerprint density at radius 3 is 2.38 bits per heavy atom. The first-order valence-electron chi connectivity index (χ1n) is 7.84. The highest BCUT2D eigenvalue weighted by molar-refractivity contribution is 6.35. The average molecular weight is 376 g/mol. The zero-order valence-corrected chi connectivity index (χ0v) is 14.7. The van der Waals surface area contributed by atoms with E-state index in [2.05, 4.69) is 10.6 Å². The molecule has 3 amide bonds. The van der Waals surface area contributed by atoms with E-state index in [0.29, 0.717) is 5.69 Å². The first kappa shape index (κ1) is 19.3. The van der Waals surface area contributed by atoms with E-state index in [4.69, 9.17) is 22.1 Å². The molecule has 0 aromatic heterocycles. The quantitative estimate of drug-likeness (QED) is 0.718. The van der Waals surface area contributed by atoms with Gasteiger partial charge in [0.2, 0.25) is 0 Å². The van der Waals surface area contributed by atoms with E-state index >= 15 is 0 Å². The van der Waals surface area contributed by atoms with Gasteiger partial charge in [-0.15, -0.1) is 0 Å². The van der Waals surface area contributed by atoms with Crippen LogP contribution in [-0.4, -0.2) is 24.0 Å². The van der Waals surface area contributed by atoms with Crippen LogP contribution >= 0.6 is 11.6 Å². The number of ether oxygens (including phenoxy) is 1. The fourth-order valence-corrected chi connectivity index (χ4v) is 2.51. The molecule has 0 bridgehead atoms. The molecule has 0 heterocycles. The van der Waals surface area contributed by atoms with Crippen molar-refractivity contribution in [2.75, 3.05) is 10.6 Å². The number of carbonyl (C=O) groups excluding carboxylic acids is 3. The molecular formula is C18H18ClN3O4. The second-order valence-corrected chi connectivity index (χ2v) is 5.71. The zero-order valence-electron chi connectivity index (χ0n) is 14.0. The zero-order chi connectivity index (χ0) is 19.1. The molecule has 0 aliphatic heterocycles. The van der Waals surface area contributed by atoms with Gasteiger partial charge in [-0.3, -0.25) is 9.59 Å². The Bertz CT molecular complexity index is 811. The standard InChI is InChI=1S/C18H18ClN3O4/c1-2-14(26-18(20)25)16(23)22-13-10-6-9-12(19)15(13)17(24)21-11-7-4-3-5-8-11/h3-10,14H,2H2,1H3,(H2,20,25)(H,21,24)(H,22,23)/t14-/m0/s1. The molecule has 0 radical (unpaired) electrons. The van der Waals surface area contributed by atoms with Gasteiger partial charge in [-0.1, -0.05) is 42.8 Å². The lowest BCUT2D eigenvalue weighted by Crippen LogP contribution is -2.34. The largest absolute Gasteiger partial charge is 0.436 e. The highest BCUT2D eigenvalue weighted by Crippen LogP contribution is 2.26. The predicted molar refractivity (Wildman–Crippen MR) is 99.2 cm³/mol. The van der Waals surface area contributed by atoms with Crippen molar-refractivity contribution in [1.29, 1.82) is 0 Å². The van der Waals surface area contributed by atoms with E-state index in [9.17, 15) is 14.4 Å². The third-order valence-corrected chi connectivity index (χ3v) is 3.77. The number of nitrogens with two attached hydrogens (primary N) is 1. The second-order valence-electron chi connectivity index (χ2n) is 5.31. The first-order valence-corrected chi connectivity index (χ1v) is 8.22. The number of hydrogen-bond donors (Lipinski definition) is 3. The minimum absolute atomic E-state index is 0.0975. The molecule has 0 saturated carbocycles. The molecule has 0 saturated heterocycles. The van der Waals surface area contributed by atoms with E-state index in [1.54, 1.807) is 37.3 Å². The van der Waals surface area contributed by atoms with Crippen molar-refractivity contribution in [2.24, 2.45) is 5.73 Å². The van der Waals surface area contributed by atoms with Gasteiger partial charge in [0.05, 0.1) is 16.3 Å². The molecule has 0 aliphatic carbocycles. The number of hydrogen-bond acceptors (Lipinski definition) is 4. The Hall–Kier alpha value is -3.06. The Labute approximate surface area is 155 Å². The summed E-state index contributed by atoms with van der Waals surface area (Å²) in [5, 5.41) is 5.43. The summed E-state index contributed by atoms with van der Waals surface area (Å²) in [5.74, 6) is -1.09. The number of anilines is 2. The third kappa shape index (κ3) is 4.97. The maximum Gasteiger partial charge on any atom is 0.405 e. The second kappa shape index (κ2) is 8.87. The van der Waals surface area contributed by atoms with Gasteiger partial charge in [0.25, 0.3) is 11.8 Å². The Morgan fingerprint density at radius 2 is 1.77 bits per heavy atom. The molecular weight excluding hydrogens is 358 g/mol. The van der Waals surface area contributed by atoms with Crippen LogP contribution in [0.15, 0.2) is 48.5 Å². The normalized spacial score (nSPS) is 11.3. The number of para-hydroxylation sites is 1. The molecule has 2 aromatic rings. The molecule has 0 fully saturated rings. The molecule has 0 spiro atoms. The summed E-state index contributed by atoms with van der Waals surface area (Å²) in [4.78, 5) is 35.8. The van der Waals surface area contributed by atoms with E-state index in [0.717, 1.165) is 0 Å². The summed E-state index contributed by atoms with van der Waals surface area (Å²) in [7, 11) is 0. The molecule has 2 aromatic carbocycles. The van der Waals surface area contributed by atoms with Crippen molar-refractivity contribution in [3.05, 3.63) is 59.1 Å². The summed E-state index contributed by atoms with van der Waals surface area (Å²) < 4.78 is 4.75. The van der Waals surface area contributed by atoms with Crippen LogP contribution in [0.3, 0.4) is 0 Å². The summed E-state index contributed by atoms with van der Waals surface area (Å²) >= 11 is 6.15. The molecule has 0 unspecified atom stereocenters. The van der Waals surface area contributed by atoms with E-state index < -0.39 is 24.0 Å². The van der Waals surface area contributed by atoms with Crippen LogP contribution < -0.4 is 16.4 Å². The molecule has 7 nitrogen and oxygen atoms in total. The lowest BCUT2D eigenvalue weighted by molar-refractivity contribution is -0.124. The van der Waals surface area contributed by atoms with Crippen LogP contribution in [0.5, 0.6) is 0 Å². The Balaban J connectivity index is 2.24. The van der Waals surface area contributed by atoms with E-state index in [-0.39, 0.29) is 22.7 Å². The summed E-state index contributed by atoms with van der Waals surface area (Å²) in [6.07, 6.45) is -1.90. The smallest absolute Gasteiger partial charge is 0.405 e. The molecule has 8 heteroatoms.